The molecule has 0 bridgehead atoms. The molecule has 1 amide bonds. The number of amides is 1. The summed E-state index contributed by atoms with van der Waals surface area (Å²) in [4.78, 5) is 23.7. The number of fused-ring (bicyclic) bond motifs is 1. The molecule has 1 N–H and O–H groups in total. The van der Waals surface area contributed by atoms with Crippen LogP contribution in [-0.2, 0) is 73.7 Å². The first-order valence-corrected chi connectivity index (χ1v) is 8.48. The summed E-state index contributed by atoms with van der Waals surface area (Å²) in [6.45, 7) is 1.44. The summed E-state index contributed by atoms with van der Waals surface area (Å²) in [6, 6.07) is 1.13. The van der Waals surface area contributed by atoms with E-state index in [-0.39, 0.29) is 68.5 Å². The maximum absolute atomic E-state index is 13.2. The van der Waals surface area contributed by atoms with E-state index in [9.17, 15) is 22.8 Å². The zero-order valence-corrected chi connectivity index (χ0v) is 18.7. The summed E-state index contributed by atoms with van der Waals surface area (Å²) >= 11 is 1.06. The molecule has 0 spiro atoms. The number of rotatable bonds is 5. The summed E-state index contributed by atoms with van der Waals surface area (Å²) < 4.78 is 47.8. The molecule has 2 rings (SSSR count). The smallest absolute Gasteiger partial charge is 2.00 e. The van der Waals surface area contributed by atoms with Crippen LogP contribution in [0.2, 0.25) is 0 Å². The predicted octanol–water partition coefficient (Wildman–Crippen LogP) is 2.69. The number of halogens is 3. The van der Waals surface area contributed by atoms with Gasteiger partial charge in [-0.2, -0.15) is 13.2 Å². The van der Waals surface area contributed by atoms with Gasteiger partial charge in [0, 0.05) is 13.0 Å². The Morgan fingerprint density at radius 1 is 1.38 bits per heavy atom. The summed E-state index contributed by atoms with van der Waals surface area (Å²) in [7, 11) is 12.1. The summed E-state index contributed by atoms with van der Waals surface area (Å²) in [5.74, 6) is -0.527. The van der Waals surface area contributed by atoms with Crippen molar-refractivity contribution in [3.05, 3.63) is 47.5 Å². The zero-order valence-electron chi connectivity index (χ0n) is 15.9. The van der Waals surface area contributed by atoms with Gasteiger partial charge in [0.2, 0.25) is 5.91 Å². The Hall–Kier alpha value is -0.791. The molecule has 0 aromatic heterocycles. The minimum Gasteiger partial charge on any atom is 2.00 e. The van der Waals surface area contributed by atoms with Crippen LogP contribution in [0.5, 0.6) is 0 Å². The molecule has 0 saturated carbocycles. The summed E-state index contributed by atoms with van der Waals surface area (Å²) in [6.07, 6.45) is -3.15. The van der Waals surface area contributed by atoms with Crippen LogP contribution in [0.15, 0.2) is 12.1 Å². The molecule has 1 aromatic rings. The van der Waals surface area contributed by atoms with Crippen LogP contribution in [0, 0.1) is 7.43 Å². The average Bonchev–Trinajstić information content (AvgIpc) is 2.89. The number of carbonyl (C=O) groups is 1. The van der Waals surface area contributed by atoms with Crippen molar-refractivity contribution in [3.63, 3.8) is 0 Å². The molecule has 29 heavy (non-hydrogen) atoms. The first-order valence-electron chi connectivity index (χ1n) is 7.91. The van der Waals surface area contributed by atoms with Gasteiger partial charge in [0.15, 0.2) is 0 Å². The summed E-state index contributed by atoms with van der Waals surface area (Å²) in [5.41, 5.74) is 7.09. The second-order valence-corrected chi connectivity index (χ2v) is 6.03. The zero-order chi connectivity index (χ0) is 21.0. The molecule has 1 heterocycles. The van der Waals surface area contributed by atoms with Gasteiger partial charge in [-0.1, -0.05) is 19.4 Å². The first-order chi connectivity index (χ1) is 12.5. The number of carbonyl (C=O) groups excluding carboxylic acids is 2. The first kappa shape index (κ1) is 30.4. The van der Waals surface area contributed by atoms with Crippen LogP contribution in [-0.4, -0.2) is 38.8 Å². The van der Waals surface area contributed by atoms with Crippen LogP contribution in [0.1, 0.15) is 42.0 Å². The van der Waals surface area contributed by atoms with Crippen molar-refractivity contribution in [2.45, 2.75) is 50.3 Å². The fourth-order valence-corrected chi connectivity index (χ4v) is 2.95. The van der Waals surface area contributed by atoms with Crippen molar-refractivity contribution in [3.8, 4) is 0 Å². The summed E-state index contributed by atoms with van der Waals surface area (Å²) in [5, 5.41) is -1.73. The van der Waals surface area contributed by atoms with Crippen LogP contribution >= 0.6 is 0 Å². The van der Waals surface area contributed by atoms with E-state index in [0.717, 1.165) is 28.3 Å². The normalized spacial score (nSPS) is 15.0. The van der Waals surface area contributed by atoms with Crippen LogP contribution < -0.4 is 0 Å². The SMILES string of the molecule is [B]C1([B])c2cc(CC)c(C(F)(F)F)cc2CN1C(=O)CCC([NH-])[C-]=O.[CH3-].[O]=[V].[V+2]. The van der Waals surface area contributed by atoms with E-state index in [1.807, 2.05) is 0 Å². The van der Waals surface area contributed by atoms with Gasteiger partial charge in [-0.15, -0.1) is 0 Å². The number of alkyl halides is 3. The third-order valence-corrected chi connectivity index (χ3v) is 4.31. The van der Waals surface area contributed by atoms with Crippen molar-refractivity contribution >= 4 is 27.9 Å². The Morgan fingerprint density at radius 2 is 1.93 bits per heavy atom. The maximum atomic E-state index is 13.2. The van der Waals surface area contributed by atoms with Crippen LogP contribution in [0.3, 0.4) is 0 Å². The third-order valence-electron chi connectivity index (χ3n) is 4.31. The standard InChI is InChI=1S/C16H15B2F3N2O2.CH3.O.2V/c1-2-9-5-12-10(6-13(9)16(19,20)21)7-23(15(12,17)18)14(25)4-3-11(22)8-24;;;;/h5-6,11,22H,2-4,7H2,1H3;1H3;;;/q-2;-1;;;+2. The van der Waals surface area contributed by atoms with E-state index in [2.05, 4.69) is 0 Å². The van der Waals surface area contributed by atoms with E-state index in [1.165, 1.54) is 12.4 Å². The number of aryl methyl sites for hydroxylation is 1. The van der Waals surface area contributed by atoms with Gasteiger partial charge in [-0.05, 0) is 34.5 Å². The van der Waals surface area contributed by atoms with E-state index >= 15 is 0 Å². The molecule has 12 heteroatoms. The Morgan fingerprint density at radius 3 is 2.38 bits per heavy atom. The Labute approximate surface area is 192 Å². The maximum Gasteiger partial charge on any atom is 2.00 e. The van der Waals surface area contributed by atoms with E-state index < -0.39 is 29.0 Å². The van der Waals surface area contributed by atoms with Crippen molar-refractivity contribution in [1.82, 2.24) is 4.90 Å². The second kappa shape index (κ2) is 12.2. The molecule has 152 valence electrons. The number of hydrogen-bond donors (Lipinski definition) is 0. The quantitative estimate of drug-likeness (QED) is 0.482. The molecule has 1 atom stereocenters. The predicted molar refractivity (Wildman–Crippen MR) is 94.7 cm³/mol. The van der Waals surface area contributed by atoms with Gasteiger partial charge in [-0.3, -0.25) is 11.1 Å². The molecule has 1 aliphatic heterocycles. The minimum atomic E-state index is -4.51. The van der Waals surface area contributed by atoms with E-state index in [4.69, 9.17) is 25.1 Å². The molecule has 0 saturated heterocycles. The topological polar surface area (TPSA) is 78.2 Å². The van der Waals surface area contributed by atoms with Gasteiger partial charge < -0.3 is 22.9 Å². The van der Waals surface area contributed by atoms with Gasteiger partial charge in [0.25, 0.3) is 0 Å². The number of nitrogens with one attached hydrogen (secondary N) is 1. The average molecular weight is 479 g/mol. The van der Waals surface area contributed by atoms with Crippen molar-refractivity contribution in [2.24, 2.45) is 0 Å². The van der Waals surface area contributed by atoms with Crippen molar-refractivity contribution < 1.29 is 62.4 Å². The monoisotopic (exact) mass is 479 g/mol. The Balaban J connectivity index is 0. The molecule has 1 unspecified atom stereocenters. The molecule has 0 aliphatic carbocycles. The number of hydrogen-bond acceptors (Lipinski definition) is 3. The third kappa shape index (κ3) is 6.86. The molecule has 5 radical (unpaired) electrons. The van der Waals surface area contributed by atoms with Gasteiger partial charge in [0.05, 0.1) is 21.3 Å². The van der Waals surface area contributed by atoms with E-state index in [1.54, 1.807) is 6.92 Å². The van der Waals surface area contributed by atoms with Gasteiger partial charge in [0.1, 0.15) is 0 Å². The molecule has 0 fully saturated rings. The second-order valence-electron chi connectivity index (χ2n) is 6.03. The van der Waals surface area contributed by atoms with Crippen LogP contribution in [0.4, 0.5) is 13.2 Å². The molecular formula is C17H18B2F3N2O3V2-. The Bertz CT molecular complexity index is 722. The van der Waals surface area contributed by atoms with E-state index in [0.29, 0.717) is 0 Å². The van der Waals surface area contributed by atoms with Gasteiger partial charge in [-0.25, -0.2) is 6.04 Å². The molecule has 5 nitrogen and oxygen atoms in total. The number of nitrogens with zero attached hydrogens (tertiary/aromatic N) is 1. The fourth-order valence-electron chi connectivity index (χ4n) is 2.95. The largest absolute Gasteiger partial charge is 2.00 e. The van der Waals surface area contributed by atoms with Crippen molar-refractivity contribution in [1.29, 1.82) is 0 Å². The van der Waals surface area contributed by atoms with Crippen LogP contribution in [0.25, 0.3) is 5.73 Å². The fraction of sp³-hybridized carbons (Fsp3) is 0.471. The van der Waals surface area contributed by atoms with Gasteiger partial charge >= 0.3 is 45.8 Å². The Kier molecular flexibility index (Phi) is 12.7. The molecular weight excluding hydrogens is 461 g/mol. The van der Waals surface area contributed by atoms with Crippen molar-refractivity contribution in [2.75, 3.05) is 0 Å². The number of benzene rings is 1. The minimum absolute atomic E-state index is 0. The molecule has 1 aromatic carbocycles. The molecule has 1 aliphatic rings.